The van der Waals surface area contributed by atoms with E-state index in [9.17, 15) is 13.2 Å². The van der Waals surface area contributed by atoms with E-state index in [0.29, 0.717) is 16.1 Å². The van der Waals surface area contributed by atoms with Crippen molar-refractivity contribution in [1.29, 1.82) is 0 Å². The van der Waals surface area contributed by atoms with Crippen molar-refractivity contribution >= 4 is 49.8 Å². The molecule has 0 fully saturated rings. The van der Waals surface area contributed by atoms with Gasteiger partial charge >= 0.3 is 0 Å². The summed E-state index contributed by atoms with van der Waals surface area (Å²) < 4.78 is 26.3. The molecule has 1 heterocycles. The third kappa shape index (κ3) is 5.68. The van der Waals surface area contributed by atoms with Gasteiger partial charge < -0.3 is 0 Å². The van der Waals surface area contributed by atoms with Crippen molar-refractivity contribution in [3.8, 4) is 0 Å². The van der Waals surface area contributed by atoms with Gasteiger partial charge in [0.25, 0.3) is 0 Å². The van der Waals surface area contributed by atoms with Crippen LogP contribution in [0.15, 0.2) is 22.5 Å². The molecule has 26 heavy (non-hydrogen) atoms. The smallest absolute Gasteiger partial charge is 0.246 e. The summed E-state index contributed by atoms with van der Waals surface area (Å²) in [4.78, 5) is 12.4. The summed E-state index contributed by atoms with van der Waals surface area (Å²) in [6.07, 6.45) is 1.09. The average molecular weight is 415 g/mol. The van der Waals surface area contributed by atoms with E-state index in [1.54, 1.807) is 17.8 Å². The number of aromatic nitrogens is 2. The van der Waals surface area contributed by atoms with Gasteiger partial charge in [-0.1, -0.05) is 54.6 Å². The number of amides is 1. The first-order chi connectivity index (χ1) is 12.1. The van der Waals surface area contributed by atoms with Gasteiger partial charge in [0.2, 0.25) is 21.1 Å². The van der Waals surface area contributed by atoms with E-state index in [1.807, 2.05) is 39.8 Å². The standard InChI is InChI=1S/C16H22N4O3S3/c1-10(2)24-16-19-18-15(25-16)17-14(21)9-20(26(5,22)23)13-7-6-11(3)8-12(13)4/h6-8,10H,9H2,1-5H3,(H,17,18,21). The van der Waals surface area contributed by atoms with E-state index >= 15 is 0 Å². The summed E-state index contributed by atoms with van der Waals surface area (Å²) in [5.41, 5.74) is 2.30. The lowest BCUT2D eigenvalue weighted by Gasteiger charge is -2.23. The molecule has 0 spiro atoms. The number of carbonyl (C=O) groups is 1. The molecular weight excluding hydrogens is 392 g/mol. The van der Waals surface area contributed by atoms with Crippen LogP contribution >= 0.6 is 23.1 Å². The first-order valence-electron chi connectivity index (χ1n) is 7.91. The molecule has 0 aliphatic heterocycles. The lowest BCUT2D eigenvalue weighted by molar-refractivity contribution is -0.114. The molecule has 1 N–H and O–H groups in total. The number of rotatable bonds is 7. The van der Waals surface area contributed by atoms with Crippen molar-refractivity contribution in [2.75, 3.05) is 22.4 Å². The topological polar surface area (TPSA) is 92.3 Å². The zero-order valence-electron chi connectivity index (χ0n) is 15.3. The fraction of sp³-hybridized carbons (Fsp3) is 0.438. The Hall–Kier alpha value is -1.65. The van der Waals surface area contributed by atoms with E-state index in [0.717, 1.165) is 26.0 Å². The second kappa shape index (κ2) is 8.36. The molecule has 0 atom stereocenters. The first kappa shape index (κ1) is 20.7. The van der Waals surface area contributed by atoms with Gasteiger partial charge in [0.1, 0.15) is 6.54 Å². The minimum absolute atomic E-state index is 0.324. The van der Waals surface area contributed by atoms with Crippen LogP contribution in [0.25, 0.3) is 0 Å². The third-order valence-corrected chi connectivity index (χ3v) is 6.35. The number of nitrogens with one attached hydrogen (secondary N) is 1. The number of hydrogen-bond acceptors (Lipinski definition) is 7. The quantitative estimate of drug-likeness (QED) is 0.553. The largest absolute Gasteiger partial charge is 0.299 e. The number of carbonyl (C=O) groups excluding carboxylic acids is 1. The van der Waals surface area contributed by atoms with Gasteiger partial charge in [-0.2, -0.15) is 0 Å². The minimum Gasteiger partial charge on any atom is -0.299 e. The van der Waals surface area contributed by atoms with Crippen molar-refractivity contribution < 1.29 is 13.2 Å². The summed E-state index contributed by atoms with van der Waals surface area (Å²) in [6.45, 7) is 7.50. The Morgan fingerprint density at radius 1 is 1.31 bits per heavy atom. The molecule has 0 bridgehead atoms. The first-order valence-corrected chi connectivity index (χ1v) is 11.5. The van der Waals surface area contributed by atoms with Gasteiger partial charge in [0.15, 0.2) is 4.34 Å². The Morgan fingerprint density at radius 3 is 2.58 bits per heavy atom. The van der Waals surface area contributed by atoms with Crippen LogP contribution in [0.4, 0.5) is 10.8 Å². The number of hydrogen-bond donors (Lipinski definition) is 1. The molecule has 142 valence electrons. The van der Waals surface area contributed by atoms with Crippen LogP contribution in [0.3, 0.4) is 0 Å². The summed E-state index contributed by atoms with van der Waals surface area (Å²) in [5, 5.41) is 11.3. The number of thioether (sulfide) groups is 1. The van der Waals surface area contributed by atoms with E-state index < -0.39 is 15.9 Å². The van der Waals surface area contributed by atoms with Gasteiger partial charge in [0.05, 0.1) is 11.9 Å². The number of aryl methyl sites for hydroxylation is 2. The second-order valence-corrected chi connectivity index (χ2v) is 10.9. The summed E-state index contributed by atoms with van der Waals surface area (Å²) >= 11 is 2.82. The predicted octanol–water partition coefficient (Wildman–Crippen LogP) is 3.06. The Kier molecular flexibility index (Phi) is 6.64. The Balaban J connectivity index is 2.16. The number of sulfonamides is 1. The molecule has 0 saturated heterocycles. The lowest BCUT2D eigenvalue weighted by atomic mass is 10.1. The highest BCUT2D eigenvalue weighted by molar-refractivity contribution is 8.01. The van der Waals surface area contributed by atoms with E-state index in [4.69, 9.17) is 0 Å². The molecule has 2 rings (SSSR count). The van der Waals surface area contributed by atoms with Crippen molar-refractivity contribution in [1.82, 2.24) is 10.2 Å². The molecule has 1 aromatic heterocycles. The molecule has 10 heteroatoms. The fourth-order valence-corrected chi connectivity index (χ4v) is 5.17. The monoisotopic (exact) mass is 414 g/mol. The van der Waals surface area contributed by atoms with Crippen molar-refractivity contribution in [3.63, 3.8) is 0 Å². The summed E-state index contributed by atoms with van der Waals surface area (Å²) in [7, 11) is -3.62. The van der Waals surface area contributed by atoms with Crippen molar-refractivity contribution in [2.24, 2.45) is 0 Å². The maximum absolute atomic E-state index is 12.4. The highest BCUT2D eigenvalue weighted by Gasteiger charge is 2.23. The molecule has 0 aliphatic rings. The number of anilines is 2. The van der Waals surface area contributed by atoms with Gasteiger partial charge in [-0.25, -0.2) is 8.42 Å². The van der Waals surface area contributed by atoms with Crippen LogP contribution in [0, 0.1) is 13.8 Å². The van der Waals surface area contributed by atoms with Gasteiger partial charge in [0, 0.05) is 5.25 Å². The molecular formula is C16H22N4O3S3. The van der Waals surface area contributed by atoms with Crippen molar-refractivity contribution in [2.45, 2.75) is 37.3 Å². The summed E-state index contributed by atoms with van der Waals surface area (Å²) in [5.74, 6) is -0.465. The zero-order chi connectivity index (χ0) is 19.5. The SMILES string of the molecule is Cc1ccc(N(CC(=O)Nc2nnc(SC(C)C)s2)S(C)(=O)=O)c(C)c1. The van der Waals surface area contributed by atoms with Crippen LogP contribution in [0.2, 0.25) is 0 Å². The van der Waals surface area contributed by atoms with E-state index in [-0.39, 0.29) is 6.54 Å². The molecule has 2 aromatic rings. The van der Waals surface area contributed by atoms with Gasteiger partial charge in [-0.3, -0.25) is 14.4 Å². The Morgan fingerprint density at radius 2 is 2.00 bits per heavy atom. The van der Waals surface area contributed by atoms with E-state index in [2.05, 4.69) is 15.5 Å². The van der Waals surface area contributed by atoms with Gasteiger partial charge in [-0.15, -0.1) is 10.2 Å². The normalized spacial score (nSPS) is 11.6. The summed E-state index contributed by atoms with van der Waals surface area (Å²) in [6, 6.07) is 5.41. The third-order valence-electron chi connectivity index (χ3n) is 3.30. The fourth-order valence-electron chi connectivity index (χ4n) is 2.27. The van der Waals surface area contributed by atoms with Crippen molar-refractivity contribution in [3.05, 3.63) is 29.3 Å². The number of nitrogens with zero attached hydrogens (tertiary/aromatic N) is 3. The number of benzene rings is 1. The molecule has 1 aromatic carbocycles. The molecule has 0 aliphatic carbocycles. The van der Waals surface area contributed by atoms with Crippen LogP contribution < -0.4 is 9.62 Å². The maximum atomic E-state index is 12.4. The van der Waals surface area contributed by atoms with E-state index in [1.165, 1.54) is 11.3 Å². The molecule has 1 amide bonds. The van der Waals surface area contributed by atoms with Crippen LogP contribution in [0.1, 0.15) is 25.0 Å². The lowest BCUT2D eigenvalue weighted by Crippen LogP contribution is -2.37. The molecule has 0 radical (unpaired) electrons. The Bertz CT molecular complexity index is 894. The van der Waals surface area contributed by atoms with Crippen LogP contribution in [-0.2, 0) is 14.8 Å². The average Bonchev–Trinajstić information content (AvgIpc) is 2.90. The molecule has 0 unspecified atom stereocenters. The maximum Gasteiger partial charge on any atom is 0.246 e. The Labute approximate surface area is 162 Å². The molecule has 7 nitrogen and oxygen atoms in total. The van der Waals surface area contributed by atoms with Gasteiger partial charge in [-0.05, 0) is 25.5 Å². The zero-order valence-corrected chi connectivity index (χ0v) is 17.8. The second-order valence-electron chi connectivity index (χ2n) is 6.15. The minimum atomic E-state index is -3.62. The highest BCUT2D eigenvalue weighted by atomic mass is 32.2. The van der Waals surface area contributed by atoms with Crippen LogP contribution in [0.5, 0.6) is 0 Å². The molecule has 0 saturated carbocycles. The predicted molar refractivity (Wildman–Crippen MR) is 108 cm³/mol. The van der Waals surface area contributed by atoms with Crippen LogP contribution in [-0.4, -0.2) is 42.6 Å². The highest BCUT2D eigenvalue weighted by Crippen LogP contribution is 2.28.